The molecule has 0 bridgehead atoms. The number of halogens is 1. The Morgan fingerprint density at radius 2 is 2.10 bits per heavy atom. The van der Waals surface area contributed by atoms with Gasteiger partial charge in [0.05, 0.1) is 0 Å². The van der Waals surface area contributed by atoms with Crippen LogP contribution in [0.25, 0.3) is 10.9 Å². The van der Waals surface area contributed by atoms with E-state index in [0.29, 0.717) is 12.2 Å². The third kappa shape index (κ3) is 3.04. The first-order valence-corrected chi connectivity index (χ1v) is 6.76. The third-order valence-corrected chi connectivity index (χ3v) is 3.25. The highest BCUT2D eigenvalue weighted by atomic mass is 19.1. The van der Waals surface area contributed by atoms with Crippen LogP contribution in [0.5, 0.6) is 0 Å². The molecule has 0 spiro atoms. The Morgan fingerprint density at radius 3 is 2.71 bits per heavy atom. The van der Waals surface area contributed by atoms with Gasteiger partial charge in [-0.15, -0.1) is 0 Å². The minimum atomic E-state index is -1.52. The Morgan fingerprint density at radius 1 is 1.38 bits per heavy atom. The van der Waals surface area contributed by atoms with Gasteiger partial charge in [-0.3, -0.25) is 4.79 Å². The molecule has 0 aliphatic rings. The minimum Gasteiger partial charge on any atom is -0.480 e. The Hall–Kier alpha value is -2.37. The zero-order chi connectivity index (χ0) is 15.4. The predicted octanol–water partition coefficient (Wildman–Crippen LogP) is 2.20. The normalized spacial score (nSPS) is 12.3. The van der Waals surface area contributed by atoms with Gasteiger partial charge in [0.25, 0.3) is 5.91 Å². The largest absolute Gasteiger partial charge is 0.480 e. The molecule has 1 aromatic carbocycles. The molecule has 2 aromatic rings. The first kappa shape index (κ1) is 15.0. The second-order valence-electron chi connectivity index (χ2n) is 4.76. The molecule has 2 N–H and O–H groups in total. The van der Waals surface area contributed by atoms with E-state index >= 15 is 0 Å². The number of aromatic nitrogens is 1. The number of aryl methyl sites for hydroxylation is 1. The molecule has 1 unspecified atom stereocenters. The van der Waals surface area contributed by atoms with E-state index < -0.39 is 24.6 Å². The number of rotatable bonds is 6. The number of fused-ring (bicyclic) bond motifs is 1. The fourth-order valence-electron chi connectivity index (χ4n) is 2.26. The summed E-state index contributed by atoms with van der Waals surface area (Å²) in [5, 5.41) is 11.9. The molecule has 112 valence electrons. The number of nitrogens with zero attached hydrogens (tertiary/aromatic N) is 1. The van der Waals surface area contributed by atoms with Crippen molar-refractivity contribution in [3.8, 4) is 0 Å². The van der Waals surface area contributed by atoms with Crippen LogP contribution < -0.4 is 5.32 Å². The van der Waals surface area contributed by atoms with Gasteiger partial charge in [0.15, 0.2) is 6.04 Å². The maximum atomic E-state index is 12.6. The van der Waals surface area contributed by atoms with Crippen molar-refractivity contribution in [2.24, 2.45) is 0 Å². The van der Waals surface area contributed by atoms with Crippen LogP contribution in [0.4, 0.5) is 4.39 Å². The van der Waals surface area contributed by atoms with E-state index in [-0.39, 0.29) is 0 Å². The quantitative estimate of drug-likeness (QED) is 0.857. The first-order chi connectivity index (χ1) is 10.1. The lowest BCUT2D eigenvalue weighted by molar-refractivity contribution is -0.139. The van der Waals surface area contributed by atoms with Crippen LogP contribution in [0.3, 0.4) is 0 Å². The summed E-state index contributed by atoms with van der Waals surface area (Å²) in [6.07, 6.45) is 0.824. The summed E-state index contributed by atoms with van der Waals surface area (Å²) in [5.74, 6) is -1.96. The van der Waals surface area contributed by atoms with Crippen molar-refractivity contribution in [1.29, 1.82) is 0 Å². The van der Waals surface area contributed by atoms with E-state index in [0.717, 1.165) is 17.3 Å². The highest BCUT2D eigenvalue weighted by molar-refractivity contribution is 6.00. The number of amides is 1. The number of carboxylic acids is 1. The molecule has 1 atom stereocenters. The van der Waals surface area contributed by atoms with Gasteiger partial charge in [-0.05, 0) is 18.6 Å². The molecule has 0 fully saturated rings. The van der Waals surface area contributed by atoms with Crippen molar-refractivity contribution >= 4 is 22.8 Å². The predicted molar refractivity (Wildman–Crippen MR) is 77.1 cm³/mol. The van der Waals surface area contributed by atoms with Gasteiger partial charge < -0.3 is 15.0 Å². The van der Waals surface area contributed by atoms with Crippen LogP contribution >= 0.6 is 0 Å². The molecule has 0 radical (unpaired) electrons. The van der Waals surface area contributed by atoms with Crippen LogP contribution in [0.2, 0.25) is 0 Å². The smallest absolute Gasteiger partial charge is 0.328 e. The monoisotopic (exact) mass is 292 g/mol. The summed E-state index contributed by atoms with van der Waals surface area (Å²) < 4.78 is 14.5. The Labute approximate surface area is 121 Å². The highest BCUT2D eigenvalue weighted by Gasteiger charge is 2.23. The molecule has 1 amide bonds. The van der Waals surface area contributed by atoms with Gasteiger partial charge in [0.1, 0.15) is 12.4 Å². The Balaban J connectivity index is 2.38. The fourth-order valence-corrected chi connectivity index (χ4v) is 2.26. The van der Waals surface area contributed by atoms with Crippen LogP contribution in [0.15, 0.2) is 30.3 Å². The second kappa shape index (κ2) is 6.39. The minimum absolute atomic E-state index is 0.345. The molecule has 0 saturated heterocycles. The van der Waals surface area contributed by atoms with E-state index in [4.69, 9.17) is 5.11 Å². The standard InChI is InChI=1S/C15H17FN2O3/c1-2-7-18-12-6-4-3-5-10(12)8-13(18)14(19)17-11(9-16)15(20)21/h3-6,8,11H,2,7,9H2,1H3,(H,17,19)(H,20,21). The van der Waals surface area contributed by atoms with Crippen molar-refractivity contribution in [2.45, 2.75) is 25.9 Å². The number of aliphatic carboxylic acids is 1. The summed E-state index contributed by atoms with van der Waals surface area (Å²) in [7, 11) is 0. The van der Waals surface area contributed by atoms with Gasteiger partial charge >= 0.3 is 5.97 Å². The van der Waals surface area contributed by atoms with Gasteiger partial charge in [0, 0.05) is 17.4 Å². The lowest BCUT2D eigenvalue weighted by Gasteiger charge is -2.13. The zero-order valence-electron chi connectivity index (χ0n) is 11.7. The SMILES string of the molecule is CCCn1c(C(=O)NC(CF)C(=O)O)cc2ccccc21. The number of carbonyl (C=O) groups excluding carboxylic acids is 1. The van der Waals surface area contributed by atoms with Crippen LogP contribution in [0.1, 0.15) is 23.8 Å². The van der Waals surface area contributed by atoms with Crippen molar-refractivity contribution in [3.05, 3.63) is 36.0 Å². The summed E-state index contributed by atoms with van der Waals surface area (Å²) in [4.78, 5) is 23.0. The molecule has 0 saturated carbocycles. The zero-order valence-corrected chi connectivity index (χ0v) is 11.7. The Kier molecular flexibility index (Phi) is 4.57. The van der Waals surface area contributed by atoms with Crippen molar-refractivity contribution in [3.63, 3.8) is 0 Å². The average Bonchev–Trinajstić information content (AvgIpc) is 2.84. The number of carbonyl (C=O) groups is 2. The number of hydrogen-bond acceptors (Lipinski definition) is 2. The average molecular weight is 292 g/mol. The van der Waals surface area contributed by atoms with E-state index in [9.17, 15) is 14.0 Å². The molecule has 2 rings (SSSR count). The highest BCUT2D eigenvalue weighted by Crippen LogP contribution is 2.20. The lowest BCUT2D eigenvalue weighted by atomic mass is 10.2. The number of alkyl halides is 1. The van der Waals surface area contributed by atoms with Crippen LogP contribution in [-0.2, 0) is 11.3 Å². The maximum absolute atomic E-state index is 12.6. The van der Waals surface area contributed by atoms with E-state index in [1.165, 1.54) is 0 Å². The van der Waals surface area contributed by atoms with E-state index in [2.05, 4.69) is 5.32 Å². The van der Waals surface area contributed by atoms with Gasteiger partial charge in [-0.25, -0.2) is 9.18 Å². The first-order valence-electron chi connectivity index (χ1n) is 6.76. The summed E-state index contributed by atoms with van der Waals surface area (Å²) in [5.41, 5.74) is 1.24. The summed E-state index contributed by atoms with van der Waals surface area (Å²) >= 11 is 0. The molecule has 21 heavy (non-hydrogen) atoms. The van der Waals surface area contributed by atoms with Gasteiger partial charge in [0.2, 0.25) is 0 Å². The molecule has 1 heterocycles. The van der Waals surface area contributed by atoms with Gasteiger partial charge in [-0.1, -0.05) is 25.1 Å². The topological polar surface area (TPSA) is 71.3 Å². The van der Waals surface area contributed by atoms with Crippen molar-refractivity contribution in [2.75, 3.05) is 6.67 Å². The number of carboxylic acid groups (broad SMARTS) is 1. The number of hydrogen-bond donors (Lipinski definition) is 2. The van der Waals surface area contributed by atoms with E-state index in [1.807, 2.05) is 35.8 Å². The molecule has 6 heteroatoms. The molecular formula is C15H17FN2O3. The maximum Gasteiger partial charge on any atom is 0.328 e. The second-order valence-corrected chi connectivity index (χ2v) is 4.76. The van der Waals surface area contributed by atoms with Crippen molar-refractivity contribution < 1.29 is 19.1 Å². The van der Waals surface area contributed by atoms with Crippen LogP contribution in [-0.4, -0.2) is 34.3 Å². The van der Waals surface area contributed by atoms with E-state index in [1.54, 1.807) is 6.07 Å². The van der Waals surface area contributed by atoms with Crippen molar-refractivity contribution in [1.82, 2.24) is 9.88 Å². The molecule has 1 aromatic heterocycles. The molecule has 0 aliphatic carbocycles. The number of nitrogens with one attached hydrogen (secondary N) is 1. The lowest BCUT2D eigenvalue weighted by Crippen LogP contribution is -2.42. The fraction of sp³-hybridized carbons (Fsp3) is 0.333. The third-order valence-electron chi connectivity index (χ3n) is 3.25. The molecular weight excluding hydrogens is 275 g/mol. The van der Waals surface area contributed by atoms with Crippen LogP contribution in [0, 0.1) is 0 Å². The number of benzene rings is 1. The summed E-state index contributed by atoms with van der Waals surface area (Å²) in [6.45, 7) is 1.47. The van der Waals surface area contributed by atoms with Gasteiger partial charge in [-0.2, -0.15) is 0 Å². The molecule has 5 nitrogen and oxygen atoms in total. The molecule has 0 aliphatic heterocycles. The summed E-state index contributed by atoms with van der Waals surface area (Å²) in [6, 6.07) is 7.68. The Bertz CT molecular complexity index is 666. The number of para-hydroxylation sites is 1.